The second-order valence-electron chi connectivity index (χ2n) is 8.33. The van der Waals surface area contributed by atoms with E-state index in [1.165, 1.54) is 11.3 Å². The molecule has 0 bridgehead atoms. The van der Waals surface area contributed by atoms with Crippen molar-refractivity contribution in [2.24, 2.45) is 0 Å². The molecule has 0 saturated heterocycles. The zero-order chi connectivity index (χ0) is 22.7. The third kappa shape index (κ3) is 4.72. The Labute approximate surface area is 192 Å². The van der Waals surface area contributed by atoms with Gasteiger partial charge in [0.15, 0.2) is 0 Å². The fraction of sp³-hybridized carbons (Fsp3) is 0.360. The van der Waals surface area contributed by atoms with Crippen LogP contribution in [0.4, 0.5) is 5.69 Å². The van der Waals surface area contributed by atoms with Gasteiger partial charge in [-0.25, -0.2) is 4.98 Å². The molecule has 0 spiro atoms. The molecule has 1 aliphatic carbocycles. The fourth-order valence-corrected chi connectivity index (χ4v) is 5.17. The largest absolute Gasteiger partial charge is 0.351 e. The summed E-state index contributed by atoms with van der Waals surface area (Å²) in [5, 5.41) is 4.03. The van der Waals surface area contributed by atoms with Gasteiger partial charge in [0.1, 0.15) is 10.9 Å². The molecule has 3 aromatic rings. The van der Waals surface area contributed by atoms with Gasteiger partial charge in [0.2, 0.25) is 5.91 Å². The Bertz CT molecular complexity index is 1110. The Morgan fingerprint density at radius 3 is 2.44 bits per heavy atom. The molecular formula is C25H28N4O2S. The van der Waals surface area contributed by atoms with Gasteiger partial charge in [-0.2, -0.15) is 0 Å². The minimum Gasteiger partial charge on any atom is -0.351 e. The van der Waals surface area contributed by atoms with Crippen molar-refractivity contribution in [3.63, 3.8) is 0 Å². The molecule has 6 nitrogen and oxygen atoms in total. The molecule has 0 radical (unpaired) electrons. The van der Waals surface area contributed by atoms with Crippen LogP contribution >= 0.6 is 11.3 Å². The average Bonchev–Trinajstić information content (AvgIpc) is 3.40. The lowest BCUT2D eigenvalue weighted by atomic mass is 10.0. The SMILES string of the molecule is Cc1cccc(N(C(=O)c2sc(C)nc2C)C(C(=O)NC2CCCC2)c2ccncc2)c1. The molecule has 2 aromatic heterocycles. The summed E-state index contributed by atoms with van der Waals surface area (Å²) in [7, 11) is 0. The quantitative estimate of drug-likeness (QED) is 0.581. The summed E-state index contributed by atoms with van der Waals surface area (Å²) in [5.74, 6) is -0.390. The number of amides is 2. The first-order chi connectivity index (χ1) is 15.4. The van der Waals surface area contributed by atoms with E-state index in [-0.39, 0.29) is 17.9 Å². The lowest BCUT2D eigenvalue weighted by Gasteiger charge is -2.32. The van der Waals surface area contributed by atoms with Crippen LogP contribution in [-0.4, -0.2) is 27.8 Å². The van der Waals surface area contributed by atoms with E-state index >= 15 is 0 Å². The number of nitrogens with zero attached hydrogens (tertiary/aromatic N) is 3. The number of rotatable bonds is 6. The van der Waals surface area contributed by atoms with Crippen molar-refractivity contribution >= 4 is 28.8 Å². The van der Waals surface area contributed by atoms with Gasteiger partial charge in [0.05, 0.1) is 10.7 Å². The Morgan fingerprint density at radius 2 is 1.81 bits per heavy atom. The highest BCUT2D eigenvalue weighted by Crippen LogP contribution is 2.33. The number of thiazole rings is 1. The Morgan fingerprint density at radius 1 is 1.09 bits per heavy atom. The van der Waals surface area contributed by atoms with Gasteiger partial charge in [0.25, 0.3) is 5.91 Å². The number of carbonyl (C=O) groups excluding carboxylic acids is 2. The minimum atomic E-state index is -0.810. The molecule has 7 heteroatoms. The highest BCUT2D eigenvalue weighted by molar-refractivity contribution is 7.13. The normalized spacial score (nSPS) is 14.8. The molecule has 0 aliphatic heterocycles. The second kappa shape index (κ2) is 9.61. The maximum atomic E-state index is 13.9. The fourth-order valence-electron chi connectivity index (χ4n) is 4.31. The third-order valence-corrected chi connectivity index (χ3v) is 6.89. The first kappa shape index (κ1) is 22.1. The molecule has 166 valence electrons. The number of hydrogen-bond donors (Lipinski definition) is 1. The van der Waals surface area contributed by atoms with Crippen LogP contribution < -0.4 is 10.2 Å². The van der Waals surface area contributed by atoms with Crippen LogP contribution in [-0.2, 0) is 4.79 Å². The number of aromatic nitrogens is 2. The Hall–Kier alpha value is -3.06. The smallest absolute Gasteiger partial charge is 0.271 e. The lowest BCUT2D eigenvalue weighted by Crippen LogP contribution is -2.46. The van der Waals surface area contributed by atoms with E-state index in [0.29, 0.717) is 16.3 Å². The topological polar surface area (TPSA) is 75.2 Å². The van der Waals surface area contributed by atoms with Crippen molar-refractivity contribution in [1.29, 1.82) is 0 Å². The average molecular weight is 449 g/mol. The molecule has 1 aliphatic rings. The van der Waals surface area contributed by atoms with Gasteiger partial charge < -0.3 is 5.32 Å². The van der Waals surface area contributed by atoms with E-state index in [9.17, 15) is 9.59 Å². The summed E-state index contributed by atoms with van der Waals surface area (Å²) in [5.41, 5.74) is 3.11. The number of carbonyl (C=O) groups is 2. The van der Waals surface area contributed by atoms with E-state index in [2.05, 4.69) is 15.3 Å². The van der Waals surface area contributed by atoms with Crippen LogP contribution in [0, 0.1) is 20.8 Å². The molecular weight excluding hydrogens is 420 g/mol. The first-order valence-electron chi connectivity index (χ1n) is 11.0. The van der Waals surface area contributed by atoms with Crippen molar-refractivity contribution in [2.75, 3.05) is 4.90 Å². The number of aryl methyl sites for hydroxylation is 3. The van der Waals surface area contributed by atoms with Crippen LogP contribution in [0.2, 0.25) is 0 Å². The molecule has 1 aromatic carbocycles. The van der Waals surface area contributed by atoms with Crippen molar-refractivity contribution in [3.8, 4) is 0 Å². The van der Waals surface area contributed by atoms with Crippen molar-refractivity contribution in [1.82, 2.24) is 15.3 Å². The maximum absolute atomic E-state index is 13.9. The molecule has 1 fully saturated rings. The summed E-state index contributed by atoms with van der Waals surface area (Å²) in [4.78, 5) is 38.4. The van der Waals surface area contributed by atoms with E-state index in [0.717, 1.165) is 41.8 Å². The molecule has 1 N–H and O–H groups in total. The predicted octanol–water partition coefficient (Wildman–Crippen LogP) is 4.91. The summed E-state index contributed by atoms with van der Waals surface area (Å²) in [6, 6.07) is 10.7. The predicted molar refractivity (Wildman–Crippen MR) is 127 cm³/mol. The zero-order valence-corrected chi connectivity index (χ0v) is 19.5. The van der Waals surface area contributed by atoms with Crippen molar-refractivity contribution in [3.05, 3.63) is 75.5 Å². The van der Waals surface area contributed by atoms with Crippen LogP contribution in [0.25, 0.3) is 0 Å². The number of benzene rings is 1. The number of hydrogen-bond acceptors (Lipinski definition) is 5. The maximum Gasteiger partial charge on any atom is 0.271 e. The van der Waals surface area contributed by atoms with Gasteiger partial charge in [-0.1, -0.05) is 25.0 Å². The van der Waals surface area contributed by atoms with Crippen LogP contribution in [0.3, 0.4) is 0 Å². The third-order valence-electron chi connectivity index (χ3n) is 5.83. The monoisotopic (exact) mass is 448 g/mol. The van der Waals surface area contributed by atoms with Gasteiger partial charge >= 0.3 is 0 Å². The van der Waals surface area contributed by atoms with Crippen molar-refractivity contribution < 1.29 is 9.59 Å². The summed E-state index contributed by atoms with van der Waals surface area (Å²) >= 11 is 1.36. The van der Waals surface area contributed by atoms with Crippen LogP contribution in [0.1, 0.15) is 63.2 Å². The molecule has 32 heavy (non-hydrogen) atoms. The molecule has 2 amide bonds. The second-order valence-corrected chi connectivity index (χ2v) is 9.54. The van der Waals surface area contributed by atoms with Gasteiger partial charge in [-0.05, 0) is 69.0 Å². The summed E-state index contributed by atoms with van der Waals surface area (Å²) < 4.78 is 0. The van der Waals surface area contributed by atoms with Gasteiger partial charge in [-0.3, -0.25) is 19.5 Å². The van der Waals surface area contributed by atoms with Crippen molar-refractivity contribution in [2.45, 2.75) is 58.5 Å². The number of anilines is 1. The Balaban J connectivity index is 1.83. The van der Waals surface area contributed by atoms with E-state index in [4.69, 9.17) is 0 Å². The van der Waals surface area contributed by atoms with E-state index in [1.54, 1.807) is 29.4 Å². The molecule has 2 heterocycles. The number of pyridine rings is 1. The van der Waals surface area contributed by atoms with Gasteiger partial charge in [0, 0.05) is 24.1 Å². The van der Waals surface area contributed by atoms with Gasteiger partial charge in [-0.15, -0.1) is 11.3 Å². The highest BCUT2D eigenvalue weighted by Gasteiger charge is 2.36. The summed E-state index contributed by atoms with van der Waals surface area (Å²) in [6.07, 6.45) is 7.49. The van der Waals surface area contributed by atoms with E-state index in [1.807, 2.05) is 45.0 Å². The Kier molecular flexibility index (Phi) is 6.65. The van der Waals surface area contributed by atoms with E-state index < -0.39 is 6.04 Å². The number of nitrogens with one attached hydrogen (secondary N) is 1. The van der Waals surface area contributed by atoms with Crippen LogP contribution in [0.5, 0.6) is 0 Å². The zero-order valence-electron chi connectivity index (χ0n) is 18.7. The first-order valence-corrected chi connectivity index (χ1v) is 11.8. The molecule has 1 unspecified atom stereocenters. The standard InChI is InChI=1S/C25H28N4O2S/c1-16-7-6-10-21(15-16)29(25(31)23-17(2)27-18(3)32-23)22(19-11-13-26-14-12-19)24(30)28-20-8-4-5-9-20/h6-7,10-15,20,22H,4-5,8-9H2,1-3H3,(H,28,30). The highest BCUT2D eigenvalue weighted by atomic mass is 32.1. The summed E-state index contributed by atoms with van der Waals surface area (Å²) in [6.45, 7) is 5.71. The molecule has 1 atom stereocenters. The van der Waals surface area contributed by atoms with Crippen LogP contribution in [0.15, 0.2) is 48.8 Å². The minimum absolute atomic E-state index is 0.147. The molecule has 4 rings (SSSR count). The molecule has 1 saturated carbocycles. The lowest BCUT2D eigenvalue weighted by molar-refractivity contribution is -0.123.